The molecule has 0 spiro atoms. The minimum atomic E-state index is 0.194. The van der Waals surface area contributed by atoms with Crippen molar-refractivity contribution in [3.8, 4) is 0 Å². The van der Waals surface area contributed by atoms with Gasteiger partial charge in [0, 0.05) is 25.0 Å². The summed E-state index contributed by atoms with van der Waals surface area (Å²) in [6.07, 6.45) is 7.46. The van der Waals surface area contributed by atoms with Crippen molar-refractivity contribution < 1.29 is 4.79 Å². The van der Waals surface area contributed by atoms with Crippen molar-refractivity contribution in [2.24, 2.45) is 0 Å². The lowest BCUT2D eigenvalue weighted by molar-refractivity contribution is -0.131. The average Bonchev–Trinajstić information content (AvgIpc) is 3.23. The molecule has 0 saturated carbocycles. The second-order valence-corrected chi connectivity index (χ2v) is 6.90. The summed E-state index contributed by atoms with van der Waals surface area (Å²) in [6, 6.07) is 14.8. The SMILES string of the molecule is Cc1cccn2cc(CC(=O)N3CCC[C@@H]3Cc3ccccc3)nc12. The number of carbonyl (C=O) groups is 1. The van der Waals surface area contributed by atoms with Gasteiger partial charge in [0.25, 0.3) is 0 Å². The Morgan fingerprint density at radius 2 is 2.04 bits per heavy atom. The number of nitrogens with zero attached hydrogens (tertiary/aromatic N) is 3. The highest BCUT2D eigenvalue weighted by molar-refractivity contribution is 5.79. The van der Waals surface area contributed by atoms with Crippen LogP contribution in [-0.2, 0) is 17.6 Å². The summed E-state index contributed by atoms with van der Waals surface area (Å²) in [4.78, 5) is 19.6. The number of aryl methyl sites for hydroxylation is 1. The predicted molar refractivity (Wildman–Crippen MR) is 98.5 cm³/mol. The number of fused-ring (bicyclic) bond motifs is 1. The van der Waals surface area contributed by atoms with Crippen LogP contribution in [0.3, 0.4) is 0 Å². The van der Waals surface area contributed by atoms with E-state index in [2.05, 4.69) is 34.1 Å². The van der Waals surface area contributed by atoms with Crippen molar-refractivity contribution in [3.63, 3.8) is 0 Å². The first kappa shape index (κ1) is 15.9. The third-order valence-corrected chi connectivity index (χ3v) is 5.07. The van der Waals surface area contributed by atoms with Gasteiger partial charge in [-0.2, -0.15) is 0 Å². The molecule has 128 valence electrons. The molecule has 4 nitrogen and oxygen atoms in total. The number of benzene rings is 1. The van der Waals surface area contributed by atoms with Crippen LogP contribution in [0.15, 0.2) is 54.9 Å². The molecule has 1 aliphatic heterocycles. The summed E-state index contributed by atoms with van der Waals surface area (Å²) in [5.41, 5.74) is 4.22. The van der Waals surface area contributed by atoms with E-state index in [0.29, 0.717) is 12.5 Å². The zero-order chi connectivity index (χ0) is 17.2. The molecule has 1 aliphatic rings. The number of hydrogen-bond donors (Lipinski definition) is 0. The molecular formula is C21H23N3O. The molecule has 1 saturated heterocycles. The molecule has 0 aliphatic carbocycles. The fraction of sp³-hybridized carbons (Fsp3) is 0.333. The molecular weight excluding hydrogens is 310 g/mol. The van der Waals surface area contributed by atoms with Crippen molar-refractivity contribution >= 4 is 11.6 Å². The number of likely N-dealkylation sites (tertiary alicyclic amines) is 1. The minimum absolute atomic E-state index is 0.194. The van der Waals surface area contributed by atoms with Gasteiger partial charge in [-0.25, -0.2) is 4.98 Å². The smallest absolute Gasteiger partial charge is 0.228 e. The van der Waals surface area contributed by atoms with Gasteiger partial charge in [0.05, 0.1) is 12.1 Å². The lowest BCUT2D eigenvalue weighted by Gasteiger charge is -2.24. The Balaban J connectivity index is 1.48. The monoisotopic (exact) mass is 333 g/mol. The second kappa shape index (κ2) is 6.71. The van der Waals surface area contributed by atoms with E-state index in [1.54, 1.807) is 0 Å². The van der Waals surface area contributed by atoms with Crippen molar-refractivity contribution in [2.45, 2.75) is 38.6 Å². The summed E-state index contributed by atoms with van der Waals surface area (Å²) in [6.45, 7) is 2.91. The maximum absolute atomic E-state index is 12.9. The fourth-order valence-corrected chi connectivity index (χ4v) is 3.81. The Kier molecular flexibility index (Phi) is 4.26. The first-order valence-electron chi connectivity index (χ1n) is 8.97. The number of amides is 1. The fourth-order valence-electron chi connectivity index (χ4n) is 3.81. The molecule has 25 heavy (non-hydrogen) atoms. The topological polar surface area (TPSA) is 37.6 Å². The van der Waals surface area contributed by atoms with Gasteiger partial charge in [-0.05, 0) is 43.4 Å². The summed E-state index contributed by atoms with van der Waals surface area (Å²) in [7, 11) is 0. The molecule has 0 radical (unpaired) electrons. The van der Waals surface area contributed by atoms with Crippen LogP contribution in [-0.4, -0.2) is 32.8 Å². The largest absolute Gasteiger partial charge is 0.339 e. The van der Waals surface area contributed by atoms with E-state index in [0.717, 1.165) is 42.7 Å². The number of imidazole rings is 1. The van der Waals surface area contributed by atoms with Crippen molar-refractivity contribution in [1.82, 2.24) is 14.3 Å². The van der Waals surface area contributed by atoms with E-state index < -0.39 is 0 Å². The van der Waals surface area contributed by atoms with Crippen molar-refractivity contribution in [3.05, 3.63) is 71.7 Å². The Morgan fingerprint density at radius 3 is 2.84 bits per heavy atom. The van der Waals surface area contributed by atoms with Gasteiger partial charge in [-0.3, -0.25) is 4.79 Å². The van der Waals surface area contributed by atoms with E-state index in [4.69, 9.17) is 0 Å². The summed E-state index contributed by atoms with van der Waals surface area (Å²) in [5, 5.41) is 0. The molecule has 1 fully saturated rings. The Bertz CT molecular complexity index is 885. The van der Waals surface area contributed by atoms with E-state index in [1.807, 2.05) is 41.9 Å². The van der Waals surface area contributed by atoms with E-state index in [1.165, 1.54) is 5.56 Å². The maximum Gasteiger partial charge on any atom is 0.228 e. The first-order valence-corrected chi connectivity index (χ1v) is 8.97. The Hall–Kier alpha value is -2.62. The quantitative estimate of drug-likeness (QED) is 0.734. The van der Waals surface area contributed by atoms with Crippen LogP contribution in [0.25, 0.3) is 5.65 Å². The highest BCUT2D eigenvalue weighted by Gasteiger charge is 2.29. The number of pyridine rings is 1. The molecule has 0 unspecified atom stereocenters. The van der Waals surface area contributed by atoms with Crippen LogP contribution < -0.4 is 0 Å². The van der Waals surface area contributed by atoms with Crippen LogP contribution in [0.5, 0.6) is 0 Å². The molecule has 3 aromatic rings. The Labute approximate surface area is 148 Å². The maximum atomic E-state index is 12.9. The lowest BCUT2D eigenvalue weighted by Crippen LogP contribution is -2.37. The van der Waals surface area contributed by atoms with E-state index in [-0.39, 0.29) is 5.91 Å². The van der Waals surface area contributed by atoms with Gasteiger partial charge in [0.15, 0.2) is 0 Å². The molecule has 1 amide bonds. The molecule has 0 bridgehead atoms. The first-order chi connectivity index (χ1) is 12.2. The molecule has 1 aromatic carbocycles. The number of carbonyl (C=O) groups excluding carboxylic acids is 1. The van der Waals surface area contributed by atoms with Crippen LogP contribution in [0.4, 0.5) is 0 Å². The Morgan fingerprint density at radius 1 is 1.20 bits per heavy atom. The van der Waals surface area contributed by atoms with Crippen LogP contribution in [0.2, 0.25) is 0 Å². The minimum Gasteiger partial charge on any atom is -0.339 e. The van der Waals surface area contributed by atoms with Crippen LogP contribution in [0, 0.1) is 6.92 Å². The van der Waals surface area contributed by atoms with Gasteiger partial charge < -0.3 is 9.30 Å². The molecule has 3 heterocycles. The molecule has 0 N–H and O–H groups in total. The zero-order valence-corrected chi connectivity index (χ0v) is 14.6. The summed E-state index contributed by atoms with van der Waals surface area (Å²) >= 11 is 0. The van der Waals surface area contributed by atoms with Crippen molar-refractivity contribution in [1.29, 1.82) is 0 Å². The van der Waals surface area contributed by atoms with Gasteiger partial charge >= 0.3 is 0 Å². The van der Waals surface area contributed by atoms with Crippen LogP contribution >= 0.6 is 0 Å². The van der Waals surface area contributed by atoms with E-state index in [9.17, 15) is 4.79 Å². The van der Waals surface area contributed by atoms with Crippen molar-refractivity contribution in [2.75, 3.05) is 6.54 Å². The molecule has 4 heteroatoms. The average molecular weight is 333 g/mol. The van der Waals surface area contributed by atoms with Gasteiger partial charge in [-0.15, -0.1) is 0 Å². The number of aromatic nitrogens is 2. The lowest BCUT2D eigenvalue weighted by atomic mass is 10.0. The third-order valence-electron chi connectivity index (χ3n) is 5.07. The zero-order valence-electron chi connectivity index (χ0n) is 14.6. The van der Waals surface area contributed by atoms with Crippen LogP contribution in [0.1, 0.15) is 29.7 Å². The number of rotatable bonds is 4. The van der Waals surface area contributed by atoms with E-state index >= 15 is 0 Å². The molecule has 4 rings (SSSR count). The number of hydrogen-bond acceptors (Lipinski definition) is 2. The van der Waals surface area contributed by atoms with Gasteiger partial charge in [0.2, 0.25) is 5.91 Å². The molecule has 2 aromatic heterocycles. The van der Waals surface area contributed by atoms with Gasteiger partial charge in [0.1, 0.15) is 5.65 Å². The highest BCUT2D eigenvalue weighted by atomic mass is 16.2. The standard InChI is InChI=1S/C21H23N3O/c1-16-7-5-11-23-15-18(22-21(16)23)14-20(25)24-12-6-10-19(24)13-17-8-3-2-4-9-17/h2-5,7-9,11,15,19H,6,10,12-14H2,1H3/t19-/m1/s1. The second-order valence-electron chi connectivity index (χ2n) is 6.90. The van der Waals surface area contributed by atoms with Gasteiger partial charge in [-0.1, -0.05) is 36.4 Å². The third kappa shape index (κ3) is 3.29. The molecule has 1 atom stereocenters. The predicted octanol–water partition coefficient (Wildman–Crippen LogP) is 3.42. The summed E-state index contributed by atoms with van der Waals surface area (Å²) in [5.74, 6) is 0.194. The normalized spacial score (nSPS) is 17.3. The summed E-state index contributed by atoms with van der Waals surface area (Å²) < 4.78 is 2.00. The highest BCUT2D eigenvalue weighted by Crippen LogP contribution is 2.22.